The lowest BCUT2D eigenvalue weighted by Crippen LogP contribution is -2.33. The molecule has 0 radical (unpaired) electrons. The van der Waals surface area contributed by atoms with Gasteiger partial charge in [0.2, 0.25) is 5.91 Å². The lowest BCUT2D eigenvalue weighted by atomic mass is 10.3. The zero-order valence-electron chi connectivity index (χ0n) is 10.7. The molecule has 1 aromatic rings. The molecule has 1 atom stereocenters. The summed E-state index contributed by atoms with van der Waals surface area (Å²) in [5, 5.41) is 6.46. The summed E-state index contributed by atoms with van der Waals surface area (Å²) in [4.78, 5) is 11.6. The second kappa shape index (κ2) is 8.08. The van der Waals surface area contributed by atoms with Crippen LogP contribution >= 0.6 is 11.6 Å². The van der Waals surface area contributed by atoms with E-state index < -0.39 is 0 Å². The maximum atomic E-state index is 11.6. The first-order valence-corrected chi connectivity index (χ1v) is 6.37. The van der Waals surface area contributed by atoms with Gasteiger partial charge in [0.25, 0.3) is 0 Å². The van der Waals surface area contributed by atoms with Crippen LogP contribution in [0.3, 0.4) is 0 Å². The van der Waals surface area contributed by atoms with Crippen LogP contribution in [0.5, 0.6) is 0 Å². The van der Waals surface area contributed by atoms with Gasteiger partial charge >= 0.3 is 0 Å². The average molecular weight is 271 g/mol. The van der Waals surface area contributed by atoms with Crippen molar-refractivity contribution in [3.63, 3.8) is 0 Å². The van der Waals surface area contributed by atoms with Gasteiger partial charge in [0.05, 0.1) is 12.6 Å². The third kappa shape index (κ3) is 6.00. The molecule has 4 nitrogen and oxygen atoms in total. The van der Waals surface area contributed by atoms with Crippen molar-refractivity contribution in [2.24, 2.45) is 0 Å². The topological polar surface area (TPSA) is 50.4 Å². The highest BCUT2D eigenvalue weighted by Crippen LogP contribution is 2.12. The van der Waals surface area contributed by atoms with Crippen molar-refractivity contribution < 1.29 is 9.53 Å². The van der Waals surface area contributed by atoms with Gasteiger partial charge in [-0.3, -0.25) is 4.79 Å². The quantitative estimate of drug-likeness (QED) is 0.799. The minimum atomic E-state index is -0.0824. The molecule has 5 heteroatoms. The first-order chi connectivity index (χ1) is 8.61. The van der Waals surface area contributed by atoms with E-state index in [0.29, 0.717) is 18.2 Å². The van der Waals surface area contributed by atoms with E-state index in [4.69, 9.17) is 16.3 Å². The number of ether oxygens (including phenoxy) is 1. The third-order valence-electron chi connectivity index (χ3n) is 2.30. The predicted octanol–water partition coefficient (Wildman–Crippen LogP) is 2.29. The van der Waals surface area contributed by atoms with Gasteiger partial charge < -0.3 is 15.4 Å². The Morgan fingerprint density at radius 1 is 1.39 bits per heavy atom. The van der Waals surface area contributed by atoms with Crippen molar-refractivity contribution >= 4 is 23.2 Å². The Kier molecular flexibility index (Phi) is 6.72. The first kappa shape index (κ1) is 15.0. The molecule has 0 spiro atoms. The van der Waals surface area contributed by atoms with Gasteiger partial charge in [0.15, 0.2) is 0 Å². The molecular formula is C13H19ClN2O2. The molecule has 0 fully saturated rings. The highest BCUT2D eigenvalue weighted by molar-refractivity contribution is 6.30. The van der Waals surface area contributed by atoms with Crippen molar-refractivity contribution in [1.29, 1.82) is 0 Å². The molecule has 1 aromatic carbocycles. The van der Waals surface area contributed by atoms with Gasteiger partial charge in [-0.15, -0.1) is 0 Å². The van der Waals surface area contributed by atoms with E-state index in [2.05, 4.69) is 10.6 Å². The largest absolute Gasteiger partial charge is 0.377 e. The summed E-state index contributed by atoms with van der Waals surface area (Å²) >= 11 is 5.76. The van der Waals surface area contributed by atoms with Crippen molar-refractivity contribution in [1.82, 2.24) is 5.32 Å². The summed E-state index contributed by atoms with van der Waals surface area (Å²) in [6, 6.07) is 7.01. The second-order valence-electron chi connectivity index (χ2n) is 3.95. The normalized spacial score (nSPS) is 12.2. The summed E-state index contributed by atoms with van der Waals surface area (Å²) in [6.45, 7) is 5.51. The van der Waals surface area contributed by atoms with E-state index in [1.54, 1.807) is 24.3 Å². The first-order valence-electron chi connectivity index (χ1n) is 5.99. The van der Waals surface area contributed by atoms with Gasteiger partial charge in [-0.1, -0.05) is 11.6 Å². The van der Waals surface area contributed by atoms with Gasteiger partial charge in [0.1, 0.15) is 0 Å². The molecule has 0 aliphatic rings. The van der Waals surface area contributed by atoms with Gasteiger partial charge in [-0.25, -0.2) is 0 Å². The number of amides is 1. The molecule has 0 saturated heterocycles. The fourth-order valence-corrected chi connectivity index (χ4v) is 1.60. The van der Waals surface area contributed by atoms with E-state index in [1.165, 1.54) is 0 Å². The van der Waals surface area contributed by atoms with Gasteiger partial charge in [-0.05, 0) is 38.1 Å². The van der Waals surface area contributed by atoms with Gasteiger partial charge in [-0.2, -0.15) is 0 Å². The van der Waals surface area contributed by atoms with E-state index in [9.17, 15) is 4.79 Å². The highest BCUT2D eigenvalue weighted by Gasteiger charge is 2.04. The zero-order chi connectivity index (χ0) is 13.4. The van der Waals surface area contributed by atoms with E-state index in [-0.39, 0.29) is 18.6 Å². The maximum Gasteiger partial charge on any atom is 0.238 e. The zero-order valence-corrected chi connectivity index (χ0v) is 11.5. The van der Waals surface area contributed by atoms with Crippen LogP contribution in [0.4, 0.5) is 5.69 Å². The number of hydrogen-bond donors (Lipinski definition) is 2. The molecule has 1 amide bonds. The van der Waals surface area contributed by atoms with Crippen LogP contribution in [0.1, 0.15) is 13.8 Å². The fourth-order valence-electron chi connectivity index (χ4n) is 1.47. The molecule has 0 saturated carbocycles. The number of anilines is 1. The second-order valence-corrected chi connectivity index (χ2v) is 4.39. The van der Waals surface area contributed by atoms with E-state index in [1.807, 2.05) is 13.8 Å². The Balaban J connectivity index is 2.23. The molecule has 2 N–H and O–H groups in total. The van der Waals surface area contributed by atoms with Crippen LogP contribution in [0.15, 0.2) is 24.3 Å². The molecule has 0 aromatic heterocycles. The standard InChI is InChI=1S/C13H19ClN2O2/c1-3-18-10(2)8-15-9-13(17)16-12-6-4-11(14)5-7-12/h4-7,10,15H,3,8-9H2,1-2H3,(H,16,17). The Hall–Kier alpha value is -1.10. The minimum Gasteiger partial charge on any atom is -0.377 e. The van der Waals surface area contributed by atoms with Crippen LogP contribution in [-0.2, 0) is 9.53 Å². The van der Waals surface area contributed by atoms with Crippen LogP contribution in [0, 0.1) is 0 Å². The van der Waals surface area contributed by atoms with E-state index in [0.717, 1.165) is 5.69 Å². The Labute approximate surface area is 113 Å². The number of nitrogens with one attached hydrogen (secondary N) is 2. The van der Waals surface area contributed by atoms with Crippen LogP contribution in [0.25, 0.3) is 0 Å². The fraction of sp³-hybridized carbons (Fsp3) is 0.462. The Bertz CT molecular complexity index is 368. The van der Waals surface area contributed by atoms with Crippen molar-refractivity contribution in [3.8, 4) is 0 Å². The molecule has 1 unspecified atom stereocenters. The van der Waals surface area contributed by atoms with Crippen LogP contribution in [0.2, 0.25) is 5.02 Å². The molecule has 0 aliphatic heterocycles. The Morgan fingerprint density at radius 2 is 2.06 bits per heavy atom. The monoisotopic (exact) mass is 270 g/mol. The summed E-state index contributed by atoms with van der Waals surface area (Å²) in [7, 11) is 0. The summed E-state index contributed by atoms with van der Waals surface area (Å²) in [5.74, 6) is -0.0824. The van der Waals surface area contributed by atoms with E-state index >= 15 is 0 Å². The molecular weight excluding hydrogens is 252 g/mol. The maximum absolute atomic E-state index is 11.6. The lowest BCUT2D eigenvalue weighted by Gasteiger charge is -2.12. The number of carbonyl (C=O) groups is 1. The molecule has 0 bridgehead atoms. The predicted molar refractivity (Wildman–Crippen MR) is 74.0 cm³/mol. The highest BCUT2D eigenvalue weighted by atomic mass is 35.5. The minimum absolute atomic E-state index is 0.0824. The molecule has 0 heterocycles. The van der Waals surface area contributed by atoms with Crippen molar-refractivity contribution in [3.05, 3.63) is 29.3 Å². The average Bonchev–Trinajstić information content (AvgIpc) is 2.32. The summed E-state index contributed by atoms with van der Waals surface area (Å²) in [5.41, 5.74) is 0.740. The number of rotatable bonds is 7. The number of carbonyl (C=O) groups excluding carboxylic acids is 1. The third-order valence-corrected chi connectivity index (χ3v) is 2.55. The van der Waals surface area contributed by atoms with Gasteiger partial charge in [0, 0.05) is 23.9 Å². The van der Waals surface area contributed by atoms with Crippen molar-refractivity contribution in [2.75, 3.05) is 25.0 Å². The summed E-state index contributed by atoms with van der Waals surface area (Å²) in [6.07, 6.45) is 0.110. The smallest absolute Gasteiger partial charge is 0.238 e. The molecule has 1 rings (SSSR count). The van der Waals surface area contributed by atoms with Crippen molar-refractivity contribution in [2.45, 2.75) is 20.0 Å². The molecule has 0 aliphatic carbocycles. The number of benzene rings is 1. The Morgan fingerprint density at radius 3 is 2.67 bits per heavy atom. The summed E-state index contributed by atoms with van der Waals surface area (Å²) < 4.78 is 5.35. The number of halogens is 1. The van der Waals surface area contributed by atoms with Crippen LogP contribution < -0.4 is 10.6 Å². The van der Waals surface area contributed by atoms with Crippen LogP contribution in [-0.4, -0.2) is 31.7 Å². The lowest BCUT2D eigenvalue weighted by molar-refractivity contribution is -0.115. The molecule has 18 heavy (non-hydrogen) atoms. The SMILES string of the molecule is CCOC(C)CNCC(=O)Nc1ccc(Cl)cc1. The number of hydrogen-bond acceptors (Lipinski definition) is 3. The molecule has 100 valence electrons.